The maximum absolute atomic E-state index is 11.7. The van der Waals surface area contributed by atoms with Crippen molar-refractivity contribution in [3.8, 4) is 0 Å². The molecule has 0 atom stereocenters. The fourth-order valence-electron chi connectivity index (χ4n) is 0.514. The molecule has 0 aliphatic rings. The lowest BCUT2D eigenvalue weighted by Crippen LogP contribution is -1.94. The van der Waals surface area contributed by atoms with Gasteiger partial charge in [-0.3, -0.25) is 0 Å². The van der Waals surface area contributed by atoms with E-state index in [1.165, 1.54) is 6.20 Å². The molecular weight excluding hydrogens is 180 g/mol. The van der Waals surface area contributed by atoms with Crippen LogP contribution in [-0.2, 0) is 6.42 Å². The van der Waals surface area contributed by atoms with E-state index < -0.39 is 6.43 Å². The fraction of sp³-hybridized carbons (Fsp3) is 0.400. The Bertz CT molecular complexity index is 213. The predicted octanol–water partition coefficient (Wildman–Crippen LogP) is 2.60. The van der Waals surface area contributed by atoms with Crippen LogP contribution in [0.15, 0.2) is 6.20 Å². The van der Waals surface area contributed by atoms with Gasteiger partial charge in [0.05, 0.1) is 17.6 Å². The second-order valence-electron chi connectivity index (χ2n) is 1.65. The summed E-state index contributed by atoms with van der Waals surface area (Å²) in [5, 5.41) is 0.389. The summed E-state index contributed by atoms with van der Waals surface area (Å²) in [6.07, 6.45) is -1.25. The highest BCUT2D eigenvalue weighted by molar-refractivity contribution is 7.15. The Morgan fingerprint density at radius 2 is 2.40 bits per heavy atom. The van der Waals surface area contributed by atoms with Gasteiger partial charge in [0.15, 0.2) is 0 Å². The Labute approximate surface area is 65.7 Å². The zero-order valence-electron chi connectivity index (χ0n) is 4.85. The molecule has 0 fully saturated rings. The number of halogens is 3. The molecule has 0 spiro atoms. The SMILES string of the molecule is FC(F)Cc1ncc(Cl)s1. The van der Waals surface area contributed by atoms with Gasteiger partial charge in [-0.2, -0.15) is 0 Å². The number of nitrogens with zero attached hydrogens (tertiary/aromatic N) is 1. The lowest BCUT2D eigenvalue weighted by atomic mass is 10.5. The van der Waals surface area contributed by atoms with Gasteiger partial charge in [-0.05, 0) is 0 Å². The Morgan fingerprint density at radius 3 is 2.80 bits per heavy atom. The van der Waals surface area contributed by atoms with Crippen molar-refractivity contribution in [2.24, 2.45) is 0 Å². The Kier molecular flexibility index (Phi) is 2.56. The highest BCUT2D eigenvalue weighted by atomic mass is 35.5. The third-order valence-corrected chi connectivity index (χ3v) is 1.99. The summed E-state index contributed by atoms with van der Waals surface area (Å²) in [6, 6.07) is 0. The van der Waals surface area contributed by atoms with Crippen molar-refractivity contribution in [2.45, 2.75) is 12.8 Å². The predicted molar refractivity (Wildman–Crippen MR) is 36.8 cm³/mol. The van der Waals surface area contributed by atoms with Gasteiger partial charge in [-0.1, -0.05) is 11.6 Å². The zero-order valence-corrected chi connectivity index (χ0v) is 6.42. The van der Waals surface area contributed by atoms with E-state index in [1.807, 2.05) is 0 Å². The Balaban J connectivity index is 2.58. The van der Waals surface area contributed by atoms with E-state index in [2.05, 4.69) is 4.98 Å². The van der Waals surface area contributed by atoms with Crippen molar-refractivity contribution in [3.63, 3.8) is 0 Å². The number of rotatable bonds is 2. The molecule has 0 N–H and O–H groups in total. The molecule has 56 valence electrons. The van der Waals surface area contributed by atoms with Crippen LogP contribution in [0.5, 0.6) is 0 Å². The van der Waals surface area contributed by atoms with Crippen molar-refractivity contribution in [2.75, 3.05) is 0 Å². The van der Waals surface area contributed by atoms with Crippen molar-refractivity contribution >= 4 is 22.9 Å². The molecule has 0 radical (unpaired) electrons. The van der Waals surface area contributed by atoms with Crippen LogP contribution < -0.4 is 0 Å². The van der Waals surface area contributed by atoms with Crippen LogP contribution in [0.2, 0.25) is 4.34 Å². The molecule has 0 saturated carbocycles. The largest absolute Gasteiger partial charge is 0.248 e. The first-order valence-corrected chi connectivity index (χ1v) is 3.76. The van der Waals surface area contributed by atoms with Gasteiger partial charge in [-0.15, -0.1) is 11.3 Å². The minimum Gasteiger partial charge on any atom is -0.248 e. The van der Waals surface area contributed by atoms with E-state index in [1.54, 1.807) is 0 Å². The average molecular weight is 184 g/mol. The third kappa shape index (κ3) is 2.19. The fourth-order valence-corrected chi connectivity index (χ4v) is 1.48. The molecule has 5 heteroatoms. The van der Waals surface area contributed by atoms with Crippen LogP contribution >= 0.6 is 22.9 Å². The van der Waals surface area contributed by atoms with E-state index >= 15 is 0 Å². The number of hydrogen-bond donors (Lipinski definition) is 0. The molecule has 1 aromatic heterocycles. The highest BCUT2D eigenvalue weighted by Gasteiger charge is 2.07. The molecule has 0 saturated heterocycles. The van der Waals surface area contributed by atoms with Gasteiger partial charge in [0.2, 0.25) is 6.43 Å². The standard InChI is InChI=1S/C5H4ClF2NS/c6-3-2-9-5(10-3)1-4(7)8/h2,4H,1H2. The van der Waals surface area contributed by atoms with Crippen molar-refractivity contribution in [3.05, 3.63) is 15.5 Å². The minimum absolute atomic E-state index is 0.294. The smallest absolute Gasteiger partial charge is 0.244 e. The summed E-state index contributed by atoms with van der Waals surface area (Å²) < 4.78 is 23.8. The van der Waals surface area contributed by atoms with E-state index in [0.29, 0.717) is 9.34 Å². The van der Waals surface area contributed by atoms with Gasteiger partial charge in [0, 0.05) is 0 Å². The van der Waals surface area contributed by atoms with Crippen LogP contribution in [-0.4, -0.2) is 11.4 Å². The molecule has 0 bridgehead atoms. The van der Waals surface area contributed by atoms with E-state index in [9.17, 15) is 8.78 Å². The molecule has 10 heavy (non-hydrogen) atoms. The van der Waals surface area contributed by atoms with Crippen LogP contribution in [0.4, 0.5) is 8.78 Å². The molecule has 0 unspecified atom stereocenters. The minimum atomic E-state index is -2.33. The molecule has 0 aliphatic carbocycles. The lowest BCUT2D eigenvalue weighted by molar-refractivity contribution is 0.149. The Morgan fingerprint density at radius 1 is 1.70 bits per heavy atom. The summed E-state index contributed by atoms with van der Waals surface area (Å²) >= 11 is 6.55. The molecule has 0 aliphatic heterocycles. The molecule has 0 amide bonds. The molecule has 0 aromatic carbocycles. The third-order valence-electron chi connectivity index (χ3n) is 0.854. The van der Waals surface area contributed by atoms with E-state index in [-0.39, 0.29) is 6.42 Å². The van der Waals surface area contributed by atoms with Gasteiger partial charge in [0.25, 0.3) is 0 Å². The summed E-state index contributed by atoms with van der Waals surface area (Å²) in [5.41, 5.74) is 0. The van der Waals surface area contributed by atoms with E-state index in [0.717, 1.165) is 11.3 Å². The number of alkyl halides is 2. The molecule has 1 nitrogen and oxygen atoms in total. The second kappa shape index (κ2) is 3.25. The highest BCUT2D eigenvalue weighted by Crippen LogP contribution is 2.20. The van der Waals surface area contributed by atoms with Crippen LogP contribution in [0.3, 0.4) is 0 Å². The first kappa shape index (κ1) is 7.88. The van der Waals surface area contributed by atoms with Gasteiger partial charge >= 0.3 is 0 Å². The van der Waals surface area contributed by atoms with Gasteiger partial charge < -0.3 is 0 Å². The molecule has 1 rings (SSSR count). The molecular formula is C5H4ClF2NS. The Hall–Kier alpha value is -0.220. The van der Waals surface area contributed by atoms with Crippen LogP contribution in [0.1, 0.15) is 5.01 Å². The second-order valence-corrected chi connectivity index (χ2v) is 3.40. The van der Waals surface area contributed by atoms with Crippen LogP contribution in [0, 0.1) is 0 Å². The van der Waals surface area contributed by atoms with Gasteiger partial charge in [-0.25, -0.2) is 13.8 Å². The van der Waals surface area contributed by atoms with Crippen molar-refractivity contribution < 1.29 is 8.78 Å². The molecule has 1 heterocycles. The monoisotopic (exact) mass is 183 g/mol. The summed E-state index contributed by atoms with van der Waals surface area (Å²) in [6.45, 7) is 0. The average Bonchev–Trinajstić information content (AvgIpc) is 2.13. The first-order valence-electron chi connectivity index (χ1n) is 2.57. The molecule has 1 aromatic rings. The number of thiazole rings is 1. The topological polar surface area (TPSA) is 12.9 Å². The van der Waals surface area contributed by atoms with E-state index in [4.69, 9.17) is 11.6 Å². The summed E-state index contributed by atoms with van der Waals surface area (Å²) in [7, 11) is 0. The van der Waals surface area contributed by atoms with Crippen LogP contribution in [0.25, 0.3) is 0 Å². The lowest BCUT2D eigenvalue weighted by Gasteiger charge is -1.90. The normalized spacial score (nSPS) is 10.8. The number of hydrogen-bond acceptors (Lipinski definition) is 2. The quantitative estimate of drug-likeness (QED) is 0.687. The van der Waals surface area contributed by atoms with Crippen molar-refractivity contribution in [1.29, 1.82) is 0 Å². The number of aromatic nitrogens is 1. The van der Waals surface area contributed by atoms with Crippen molar-refractivity contribution in [1.82, 2.24) is 4.98 Å². The summed E-state index contributed by atoms with van der Waals surface area (Å²) in [4.78, 5) is 3.66. The van der Waals surface area contributed by atoms with Gasteiger partial charge in [0.1, 0.15) is 4.34 Å². The first-order chi connectivity index (χ1) is 4.68. The summed E-state index contributed by atoms with van der Waals surface area (Å²) in [5.74, 6) is 0. The maximum atomic E-state index is 11.7. The zero-order chi connectivity index (χ0) is 7.56. The maximum Gasteiger partial charge on any atom is 0.244 e.